The van der Waals surface area contributed by atoms with Gasteiger partial charge in [-0.1, -0.05) is 12.8 Å². The van der Waals surface area contributed by atoms with Crippen molar-refractivity contribution >= 4 is 0 Å². The lowest BCUT2D eigenvalue weighted by atomic mass is 9.84. The predicted octanol–water partition coefficient (Wildman–Crippen LogP) is 1.93. The summed E-state index contributed by atoms with van der Waals surface area (Å²) >= 11 is 0. The van der Waals surface area contributed by atoms with Crippen LogP contribution < -0.4 is 5.32 Å². The smallest absolute Gasteiger partial charge is 0.0474 e. The molecule has 3 unspecified atom stereocenters. The van der Waals surface area contributed by atoms with Crippen LogP contribution in [0.25, 0.3) is 0 Å². The zero-order valence-corrected chi connectivity index (χ0v) is 9.21. The Morgan fingerprint density at radius 1 is 1.21 bits per heavy atom. The number of hydrogen-bond acceptors (Lipinski definition) is 2. The Morgan fingerprint density at radius 3 is 2.57 bits per heavy atom. The molecule has 2 nitrogen and oxygen atoms in total. The quantitative estimate of drug-likeness (QED) is 0.721. The van der Waals surface area contributed by atoms with Gasteiger partial charge in [-0.2, -0.15) is 0 Å². The first-order valence-electron chi connectivity index (χ1n) is 6.18. The summed E-state index contributed by atoms with van der Waals surface area (Å²) in [6.45, 7) is 2.68. The minimum atomic E-state index is 0.370. The maximum Gasteiger partial charge on any atom is 0.0474 e. The van der Waals surface area contributed by atoms with Gasteiger partial charge in [-0.05, 0) is 44.4 Å². The van der Waals surface area contributed by atoms with Gasteiger partial charge in [-0.25, -0.2) is 0 Å². The Labute approximate surface area is 87.1 Å². The lowest BCUT2D eigenvalue weighted by molar-refractivity contribution is 0.145. The van der Waals surface area contributed by atoms with Gasteiger partial charge in [0.2, 0.25) is 0 Å². The second-order valence-electron chi connectivity index (χ2n) is 5.13. The zero-order chi connectivity index (χ0) is 9.97. The Bertz CT molecular complexity index is 179. The van der Waals surface area contributed by atoms with Crippen LogP contribution in [0.2, 0.25) is 0 Å². The molecule has 14 heavy (non-hydrogen) atoms. The molecule has 0 bridgehead atoms. The normalized spacial score (nSPS) is 35.6. The number of rotatable bonds is 4. The molecule has 0 heterocycles. The zero-order valence-electron chi connectivity index (χ0n) is 9.21. The Balaban J connectivity index is 1.80. The summed E-state index contributed by atoms with van der Waals surface area (Å²) in [5, 5.41) is 13.0. The molecular formula is C12H23NO. The highest BCUT2D eigenvalue weighted by Crippen LogP contribution is 2.34. The summed E-state index contributed by atoms with van der Waals surface area (Å²) in [4.78, 5) is 0. The fourth-order valence-corrected chi connectivity index (χ4v) is 2.72. The van der Waals surface area contributed by atoms with Crippen molar-refractivity contribution in [3.8, 4) is 0 Å². The van der Waals surface area contributed by atoms with Crippen molar-refractivity contribution in [3.63, 3.8) is 0 Å². The summed E-state index contributed by atoms with van der Waals surface area (Å²) in [6.07, 6.45) is 7.94. The molecule has 82 valence electrons. The molecule has 3 atom stereocenters. The second kappa shape index (κ2) is 4.63. The van der Waals surface area contributed by atoms with Crippen LogP contribution in [-0.2, 0) is 0 Å². The average Bonchev–Trinajstić information content (AvgIpc) is 3.02. The monoisotopic (exact) mass is 197 g/mol. The highest BCUT2D eigenvalue weighted by atomic mass is 16.3. The van der Waals surface area contributed by atoms with E-state index in [0.29, 0.717) is 24.6 Å². The van der Waals surface area contributed by atoms with Crippen molar-refractivity contribution in [1.82, 2.24) is 5.32 Å². The van der Waals surface area contributed by atoms with Crippen molar-refractivity contribution in [2.45, 2.75) is 57.5 Å². The molecule has 0 saturated heterocycles. The fourth-order valence-electron chi connectivity index (χ4n) is 2.72. The minimum absolute atomic E-state index is 0.370. The van der Waals surface area contributed by atoms with Crippen LogP contribution in [0.1, 0.15) is 45.4 Å². The fraction of sp³-hybridized carbons (Fsp3) is 1.00. The first-order valence-corrected chi connectivity index (χ1v) is 6.18. The summed E-state index contributed by atoms with van der Waals surface area (Å²) in [5.41, 5.74) is 0. The van der Waals surface area contributed by atoms with Crippen molar-refractivity contribution < 1.29 is 5.11 Å². The molecule has 2 rings (SSSR count). The van der Waals surface area contributed by atoms with E-state index in [1.165, 1.54) is 38.5 Å². The molecule has 0 aromatic heterocycles. The number of aliphatic hydroxyl groups excluding tert-OH is 1. The van der Waals surface area contributed by atoms with E-state index in [2.05, 4.69) is 12.2 Å². The first kappa shape index (κ1) is 10.4. The molecule has 2 aliphatic carbocycles. The van der Waals surface area contributed by atoms with E-state index >= 15 is 0 Å². The number of nitrogens with one attached hydrogen (secondary N) is 1. The third-order valence-electron chi connectivity index (χ3n) is 3.95. The lowest BCUT2D eigenvalue weighted by Crippen LogP contribution is -2.45. The lowest BCUT2D eigenvalue weighted by Gasteiger charge is -2.33. The maximum atomic E-state index is 9.29. The van der Waals surface area contributed by atoms with Gasteiger partial charge in [0.1, 0.15) is 0 Å². The molecule has 2 N–H and O–H groups in total. The van der Waals surface area contributed by atoms with Crippen LogP contribution >= 0.6 is 0 Å². The van der Waals surface area contributed by atoms with Crippen molar-refractivity contribution in [2.24, 2.45) is 11.8 Å². The number of aliphatic hydroxyl groups is 1. The summed E-state index contributed by atoms with van der Waals surface area (Å²) in [6, 6.07) is 1.26. The molecule has 2 heteroatoms. The van der Waals surface area contributed by atoms with Crippen LogP contribution in [-0.4, -0.2) is 23.8 Å². The van der Waals surface area contributed by atoms with E-state index in [0.717, 1.165) is 5.92 Å². The molecule has 0 aromatic carbocycles. The maximum absolute atomic E-state index is 9.29. The van der Waals surface area contributed by atoms with E-state index in [1.54, 1.807) is 0 Å². The molecule has 0 amide bonds. The van der Waals surface area contributed by atoms with Crippen LogP contribution in [0.15, 0.2) is 0 Å². The number of hydrogen-bond donors (Lipinski definition) is 2. The van der Waals surface area contributed by atoms with Gasteiger partial charge in [0, 0.05) is 18.7 Å². The summed E-state index contributed by atoms with van der Waals surface area (Å²) in [5.74, 6) is 1.45. The molecule has 0 aromatic rings. The van der Waals surface area contributed by atoms with Gasteiger partial charge in [0.15, 0.2) is 0 Å². The standard InChI is InChI=1S/C12H23NO/c1-9(10-6-7-10)13-12-5-3-2-4-11(12)8-14/h9-14H,2-8H2,1H3. The van der Waals surface area contributed by atoms with Crippen LogP contribution in [0.4, 0.5) is 0 Å². The Hall–Kier alpha value is -0.0800. The van der Waals surface area contributed by atoms with E-state index in [9.17, 15) is 5.11 Å². The van der Waals surface area contributed by atoms with Crippen molar-refractivity contribution in [3.05, 3.63) is 0 Å². The van der Waals surface area contributed by atoms with Crippen molar-refractivity contribution in [2.75, 3.05) is 6.61 Å². The van der Waals surface area contributed by atoms with Crippen molar-refractivity contribution in [1.29, 1.82) is 0 Å². The van der Waals surface area contributed by atoms with Gasteiger partial charge in [0.05, 0.1) is 0 Å². The van der Waals surface area contributed by atoms with E-state index in [-0.39, 0.29) is 0 Å². The van der Waals surface area contributed by atoms with Gasteiger partial charge in [-0.15, -0.1) is 0 Å². The molecule has 0 radical (unpaired) electrons. The average molecular weight is 197 g/mol. The van der Waals surface area contributed by atoms with Crippen LogP contribution in [0.5, 0.6) is 0 Å². The molecule has 0 aliphatic heterocycles. The molecular weight excluding hydrogens is 174 g/mol. The highest BCUT2D eigenvalue weighted by Gasteiger charge is 2.32. The molecule has 2 fully saturated rings. The largest absolute Gasteiger partial charge is 0.396 e. The summed E-state index contributed by atoms with van der Waals surface area (Å²) < 4.78 is 0. The SMILES string of the molecule is CC(NC1CCCCC1CO)C1CC1. The minimum Gasteiger partial charge on any atom is -0.396 e. The second-order valence-corrected chi connectivity index (χ2v) is 5.13. The highest BCUT2D eigenvalue weighted by molar-refractivity contribution is 4.88. The molecule has 2 aliphatic rings. The first-order chi connectivity index (χ1) is 6.81. The van der Waals surface area contributed by atoms with E-state index in [1.807, 2.05) is 0 Å². The summed E-state index contributed by atoms with van der Waals surface area (Å²) in [7, 11) is 0. The predicted molar refractivity (Wildman–Crippen MR) is 58.2 cm³/mol. The van der Waals surface area contributed by atoms with Crippen LogP contribution in [0, 0.1) is 11.8 Å². The van der Waals surface area contributed by atoms with Gasteiger partial charge in [-0.3, -0.25) is 0 Å². The van der Waals surface area contributed by atoms with Gasteiger partial charge in [0.25, 0.3) is 0 Å². The van der Waals surface area contributed by atoms with Gasteiger partial charge < -0.3 is 10.4 Å². The van der Waals surface area contributed by atoms with E-state index < -0.39 is 0 Å². The third-order valence-corrected chi connectivity index (χ3v) is 3.95. The van der Waals surface area contributed by atoms with E-state index in [4.69, 9.17) is 0 Å². The Kier molecular flexibility index (Phi) is 3.45. The third kappa shape index (κ3) is 2.48. The van der Waals surface area contributed by atoms with Crippen LogP contribution in [0.3, 0.4) is 0 Å². The van der Waals surface area contributed by atoms with Gasteiger partial charge >= 0.3 is 0 Å². The molecule has 0 spiro atoms. The Morgan fingerprint density at radius 2 is 1.93 bits per heavy atom. The topological polar surface area (TPSA) is 32.3 Å². The molecule has 2 saturated carbocycles.